The van der Waals surface area contributed by atoms with Crippen molar-refractivity contribution in [2.45, 2.75) is 0 Å². The molecule has 0 bridgehead atoms. The zero-order valence-corrected chi connectivity index (χ0v) is 29.6. The summed E-state index contributed by atoms with van der Waals surface area (Å²) in [5.74, 6) is 1.82. The van der Waals surface area contributed by atoms with Crippen LogP contribution in [0.25, 0.3) is 111 Å². The number of para-hydroxylation sites is 1. The van der Waals surface area contributed by atoms with E-state index < -0.39 is 0 Å². The molecule has 11 aromatic rings. The molecule has 0 aliphatic carbocycles. The van der Waals surface area contributed by atoms with Crippen molar-refractivity contribution in [3.05, 3.63) is 188 Å². The monoisotopic (exact) mass is 701 g/mol. The lowest BCUT2D eigenvalue weighted by Crippen LogP contribution is -2.00. The fraction of sp³-hybridized carbons (Fsp3) is 0. The van der Waals surface area contributed by atoms with Crippen LogP contribution in [0.2, 0.25) is 0 Å². The molecule has 0 saturated carbocycles. The molecule has 4 nitrogen and oxygen atoms in total. The molecule has 4 heteroatoms. The number of furan rings is 1. The highest BCUT2D eigenvalue weighted by Crippen LogP contribution is 2.41. The molecule has 0 spiro atoms. The van der Waals surface area contributed by atoms with E-state index in [0.29, 0.717) is 17.5 Å². The maximum absolute atomic E-state index is 6.27. The largest absolute Gasteiger partial charge is 0.456 e. The van der Waals surface area contributed by atoms with Gasteiger partial charge in [0.1, 0.15) is 11.2 Å². The predicted octanol–water partition coefficient (Wildman–Crippen LogP) is 13.6. The van der Waals surface area contributed by atoms with Gasteiger partial charge in [0.15, 0.2) is 17.5 Å². The zero-order chi connectivity index (χ0) is 36.3. The minimum Gasteiger partial charge on any atom is -0.456 e. The van der Waals surface area contributed by atoms with Crippen molar-refractivity contribution < 1.29 is 4.42 Å². The number of benzene rings is 9. The van der Waals surface area contributed by atoms with Gasteiger partial charge in [-0.15, -0.1) is 0 Å². The predicted molar refractivity (Wildman–Crippen MR) is 227 cm³/mol. The number of aromatic nitrogens is 3. The normalized spacial score (nSPS) is 11.6. The molecule has 2 heterocycles. The Morgan fingerprint density at radius 1 is 0.309 bits per heavy atom. The van der Waals surface area contributed by atoms with Gasteiger partial charge in [-0.25, -0.2) is 15.0 Å². The molecule has 11 rings (SSSR count). The van der Waals surface area contributed by atoms with Gasteiger partial charge < -0.3 is 4.42 Å². The molecule has 0 amide bonds. The van der Waals surface area contributed by atoms with E-state index in [-0.39, 0.29) is 0 Å². The molecule has 0 aliphatic rings. The summed E-state index contributed by atoms with van der Waals surface area (Å²) in [6.07, 6.45) is 0. The van der Waals surface area contributed by atoms with Gasteiger partial charge in [-0.2, -0.15) is 0 Å². The smallest absolute Gasteiger partial charge is 0.164 e. The molecule has 2 aromatic heterocycles. The van der Waals surface area contributed by atoms with E-state index in [1.165, 1.54) is 37.9 Å². The van der Waals surface area contributed by atoms with Gasteiger partial charge in [0.2, 0.25) is 0 Å². The molecule has 256 valence electrons. The Hall–Kier alpha value is -7.43. The second-order valence-electron chi connectivity index (χ2n) is 14.0. The molecule has 0 aliphatic heterocycles. The number of rotatable bonds is 5. The van der Waals surface area contributed by atoms with Gasteiger partial charge in [0.25, 0.3) is 0 Å². The molecular weight excluding hydrogens is 671 g/mol. The average Bonchev–Trinajstić information content (AvgIpc) is 3.65. The highest BCUT2D eigenvalue weighted by Gasteiger charge is 2.19. The van der Waals surface area contributed by atoms with Gasteiger partial charge in [-0.05, 0) is 72.8 Å². The van der Waals surface area contributed by atoms with E-state index in [4.69, 9.17) is 19.4 Å². The van der Waals surface area contributed by atoms with Crippen LogP contribution in [0.4, 0.5) is 0 Å². The number of fused-ring (bicyclic) bond motifs is 7. The van der Waals surface area contributed by atoms with Gasteiger partial charge in [-0.1, -0.05) is 170 Å². The maximum atomic E-state index is 6.27. The third-order valence-corrected chi connectivity index (χ3v) is 10.7. The van der Waals surface area contributed by atoms with Crippen LogP contribution in [-0.2, 0) is 0 Å². The summed E-state index contributed by atoms with van der Waals surface area (Å²) in [4.78, 5) is 15.4. The molecular formula is C51H31N3O. The lowest BCUT2D eigenvalue weighted by atomic mass is 9.89. The molecule has 55 heavy (non-hydrogen) atoms. The zero-order valence-electron chi connectivity index (χ0n) is 29.6. The van der Waals surface area contributed by atoms with E-state index >= 15 is 0 Å². The summed E-state index contributed by atoms with van der Waals surface area (Å²) in [5, 5.41) is 9.44. The minimum atomic E-state index is 0.597. The SMILES string of the molecule is c1ccc(-c2ccc(-c3nc(-c4ccc(-c5c6ccccc6cc6c5ccc5ccccc56)cc4)nc(-c4cccc5oc6ccccc6c45)n3)cc2)cc1. The van der Waals surface area contributed by atoms with Crippen molar-refractivity contribution >= 4 is 54.3 Å². The number of nitrogens with zero attached hydrogens (tertiary/aromatic N) is 3. The highest BCUT2D eigenvalue weighted by atomic mass is 16.3. The van der Waals surface area contributed by atoms with Gasteiger partial charge in [0, 0.05) is 27.5 Å². The first-order valence-corrected chi connectivity index (χ1v) is 18.5. The Morgan fingerprint density at radius 2 is 0.873 bits per heavy atom. The summed E-state index contributed by atoms with van der Waals surface area (Å²) < 4.78 is 6.27. The van der Waals surface area contributed by atoms with Gasteiger partial charge in [0.05, 0.1) is 0 Å². The van der Waals surface area contributed by atoms with Crippen molar-refractivity contribution in [3.63, 3.8) is 0 Å². The lowest BCUT2D eigenvalue weighted by Gasteiger charge is -2.14. The molecule has 0 saturated heterocycles. The third kappa shape index (κ3) is 5.26. The second kappa shape index (κ2) is 12.6. The minimum absolute atomic E-state index is 0.597. The van der Waals surface area contributed by atoms with Crippen LogP contribution >= 0.6 is 0 Å². The Kier molecular flexibility index (Phi) is 7.14. The fourth-order valence-corrected chi connectivity index (χ4v) is 8.08. The van der Waals surface area contributed by atoms with Crippen molar-refractivity contribution in [1.29, 1.82) is 0 Å². The summed E-state index contributed by atoms with van der Waals surface area (Å²) in [6, 6.07) is 65.9. The molecule has 0 N–H and O–H groups in total. The van der Waals surface area contributed by atoms with Crippen molar-refractivity contribution in [1.82, 2.24) is 15.0 Å². The first-order chi connectivity index (χ1) is 27.2. The van der Waals surface area contributed by atoms with E-state index in [9.17, 15) is 0 Å². The first kappa shape index (κ1) is 31.1. The number of hydrogen-bond acceptors (Lipinski definition) is 4. The van der Waals surface area contributed by atoms with Gasteiger partial charge >= 0.3 is 0 Å². The standard InChI is InChI=1S/C51H31N3O/c1-2-11-32(12-3-1)33-21-25-36(26-22-33)49-52-50(54-51(53-49)43-18-10-20-46-48(43)42-17-8-9-19-45(42)55-46)37-27-23-35(24-28-37)47-40-16-7-5-14-38(40)31-44-39-15-6-4-13-34(39)29-30-41(44)47/h1-31H. The van der Waals surface area contributed by atoms with Crippen LogP contribution in [0, 0.1) is 0 Å². The Balaban J connectivity index is 1.08. The molecule has 0 fully saturated rings. The average molecular weight is 702 g/mol. The third-order valence-electron chi connectivity index (χ3n) is 10.7. The summed E-state index contributed by atoms with van der Waals surface area (Å²) in [5.41, 5.74) is 9.03. The topological polar surface area (TPSA) is 51.8 Å². The number of hydrogen-bond donors (Lipinski definition) is 0. The van der Waals surface area contributed by atoms with Crippen molar-refractivity contribution in [2.75, 3.05) is 0 Å². The summed E-state index contributed by atoms with van der Waals surface area (Å²) >= 11 is 0. The van der Waals surface area contributed by atoms with Crippen LogP contribution < -0.4 is 0 Å². The fourth-order valence-electron chi connectivity index (χ4n) is 8.08. The maximum Gasteiger partial charge on any atom is 0.164 e. The summed E-state index contributed by atoms with van der Waals surface area (Å²) in [6.45, 7) is 0. The Morgan fingerprint density at radius 3 is 1.64 bits per heavy atom. The summed E-state index contributed by atoms with van der Waals surface area (Å²) in [7, 11) is 0. The van der Waals surface area contributed by atoms with E-state index in [1.54, 1.807) is 0 Å². The first-order valence-electron chi connectivity index (χ1n) is 18.5. The van der Waals surface area contributed by atoms with Crippen LogP contribution in [0.1, 0.15) is 0 Å². The van der Waals surface area contributed by atoms with E-state index in [1.807, 2.05) is 36.4 Å². The highest BCUT2D eigenvalue weighted by molar-refractivity contribution is 6.20. The van der Waals surface area contributed by atoms with Gasteiger partial charge in [-0.3, -0.25) is 0 Å². The Labute approximate surface area is 317 Å². The van der Waals surface area contributed by atoms with Crippen LogP contribution in [0.5, 0.6) is 0 Å². The van der Waals surface area contributed by atoms with E-state index in [0.717, 1.165) is 55.3 Å². The molecule has 0 unspecified atom stereocenters. The lowest BCUT2D eigenvalue weighted by molar-refractivity contribution is 0.669. The molecule has 9 aromatic carbocycles. The Bertz CT molecular complexity index is 3240. The van der Waals surface area contributed by atoms with Crippen LogP contribution in [0.3, 0.4) is 0 Å². The van der Waals surface area contributed by atoms with Crippen molar-refractivity contribution in [2.24, 2.45) is 0 Å². The van der Waals surface area contributed by atoms with Crippen LogP contribution in [0.15, 0.2) is 192 Å². The van der Waals surface area contributed by atoms with Crippen molar-refractivity contribution in [3.8, 4) is 56.4 Å². The molecule has 0 radical (unpaired) electrons. The second-order valence-corrected chi connectivity index (χ2v) is 14.0. The molecule has 0 atom stereocenters. The van der Waals surface area contributed by atoms with E-state index in [2.05, 4.69) is 152 Å². The van der Waals surface area contributed by atoms with Crippen LogP contribution in [-0.4, -0.2) is 15.0 Å². The quantitative estimate of drug-likeness (QED) is 0.132.